The predicted octanol–water partition coefficient (Wildman–Crippen LogP) is 2.34. The Morgan fingerprint density at radius 2 is 2.16 bits per heavy atom. The van der Waals surface area contributed by atoms with E-state index in [2.05, 4.69) is 22.0 Å². The molecule has 1 aliphatic carbocycles. The van der Waals surface area contributed by atoms with Gasteiger partial charge in [0.05, 0.1) is 11.6 Å². The first-order valence-electron chi connectivity index (χ1n) is 7.60. The monoisotopic (exact) mass is 264 g/mol. The van der Waals surface area contributed by atoms with E-state index in [1.54, 1.807) is 0 Å². The van der Waals surface area contributed by atoms with Gasteiger partial charge in [0.15, 0.2) is 5.82 Å². The lowest BCUT2D eigenvalue weighted by molar-refractivity contribution is 0.208. The van der Waals surface area contributed by atoms with Crippen LogP contribution in [0.1, 0.15) is 69.6 Å². The Morgan fingerprint density at radius 1 is 1.37 bits per heavy atom. The highest BCUT2D eigenvalue weighted by molar-refractivity contribution is 5.08. The third kappa shape index (κ3) is 2.41. The second-order valence-electron chi connectivity index (χ2n) is 6.01. The van der Waals surface area contributed by atoms with Gasteiger partial charge in [0.1, 0.15) is 0 Å². The van der Waals surface area contributed by atoms with Crippen molar-refractivity contribution in [2.75, 3.05) is 13.1 Å². The molecule has 0 amide bonds. The van der Waals surface area contributed by atoms with Gasteiger partial charge in [-0.25, -0.2) is 0 Å². The third-order valence-electron chi connectivity index (χ3n) is 4.54. The van der Waals surface area contributed by atoms with E-state index in [0.717, 1.165) is 44.1 Å². The fourth-order valence-electron chi connectivity index (χ4n) is 3.46. The number of hydrogen-bond acceptors (Lipinski definition) is 5. The summed E-state index contributed by atoms with van der Waals surface area (Å²) in [5, 5.41) is 4.17. The smallest absolute Gasteiger partial charge is 0.244 e. The van der Waals surface area contributed by atoms with E-state index in [-0.39, 0.29) is 5.54 Å². The molecule has 0 radical (unpaired) electrons. The van der Waals surface area contributed by atoms with Crippen LogP contribution in [0.3, 0.4) is 0 Å². The summed E-state index contributed by atoms with van der Waals surface area (Å²) in [5.74, 6) is 1.50. The number of nitrogens with zero attached hydrogens (tertiary/aromatic N) is 3. The summed E-state index contributed by atoms with van der Waals surface area (Å²) in [6, 6.07) is 0.311. The molecule has 1 aromatic heterocycles. The van der Waals surface area contributed by atoms with Crippen molar-refractivity contribution in [2.24, 2.45) is 5.73 Å². The van der Waals surface area contributed by atoms with Crippen molar-refractivity contribution in [3.8, 4) is 0 Å². The lowest BCUT2D eigenvalue weighted by atomic mass is 9.98. The molecule has 5 nitrogen and oxygen atoms in total. The lowest BCUT2D eigenvalue weighted by Crippen LogP contribution is -2.34. The highest BCUT2D eigenvalue weighted by atomic mass is 16.5. The lowest BCUT2D eigenvalue weighted by Gasteiger charge is -2.20. The molecule has 1 aromatic rings. The van der Waals surface area contributed by atoms with Crippen LogP contribution in [0.15, 0.2) is 4.52 Å². The average Bonchev–Trinajstić information content (AvgIpc) is 3.08. The van der Waals surface area contributed by atoms with Crippen molar-refractivity contribution in [2.45, 2.75) is 63.5 Å². The number of likely N-dealkylation sites (tertiary alicyclic amines) is 1. The Kier molecular flexibility index (Phi) is 3.58. The van der Waals surface area contributed by atoms with Crippen LogP contribution in [0.25, 0.3) is 0 Å². The van der Waals surface area contributed by atoms with Gasteiger partial charge in [-0.05, 0) is 45.2 Å². The normalized spacial score (nSPS) is 27.2. The minimum absolute atomic E-state index is 0.311. The maximum atomic E-state index is 6.39. The van der Waals surface area contributed by atoms with Crippen LogP contribution in [-0.2, 0) is 5.54 Å². The van der Waals surface area contributed by atoms with Gasteiger partial charge in [-0.3, -0.25) is 4.90 Å². The van der Waals surface area contributed by atoms with Crippen molar-refractivity contribution in [3.63, 3.8) is 0 Å². The maximum absolute atomic E-state index is 6.39. The van der Waals surface area contributed by atoms with Crippen LogP contribution < -0.4 is 5.73 Å². The van der Waals surface area contributed by atoms with E-state index in [4.69, 9.17) is 10.3 Å². The summed E-state index contributed by atoms with van der Waals surface area (Å²) >= 11 is 0. The van der Waals surface area contributed by atoms with Gasteiger partial charge in [0, 0.05) is 0 Å². The molecule has 0 spiro atoms. The molecular formula is C14H24N4O. The van der Waals surface area contributed by atoms with E-state index in [1.165, 1.54) is 25.7 Å². The van der Waals surface area contributed by atoms with Gasteiger partial charge in [-0.2, -0.15) is 4.98 Å². The molecule has 5 heteroatoms. The van der Waals surface area contributed by atoms with E-state index in [0.29, 0.717) is 6.04 Å². The molecule has 0 aromatic carbocycles. The molecule has 1 atom stereocenters. The van der Waals surface area contributed by atoms with Crippen molar-refractivity contribution in [3.05, 3.63) is 11.7 Å². The first-order valence-corrected chi connectivity index (χ1v) is 7.60. The molecule has 1 unspecified atom stereocenters. The zero-order valence-corrected chi connectivity index (χ0v) is 11.8. The Labute approximate surface area is 114 Å². The zero-order chi connectivity index (χ0) is 13.3. The minimum Gasteiger partial charge on any atom is -0.338 e. The van der Waals surface area contributed by atoms with E-state index >= 15 is 0 Å². The topological polar surface area (TPSA) is 68.2 Å². The van der Waals surface area contributed by atoms with Crippen LogP contribution in [-0.4, -0.2) is 28.1 Å². The van der Waals surface area contributed by atoms with Crippen LogP contribution in [0.4, 0.5) is 0 Å². The standard InChI is InChI=1S/C14H24N4O/c1-2-9-18-10-5-6-11(18)12-16-13(17-19-12)14(15)7-3-4-8-14/h11H,2-10,15H2,1H3. The van der Waals surface area contributed by atoms with E-state index in [1.807, 2.05) is 0 Å². The molecule has 0 bridgehead atoms. The molecular weight excluding hydrogens is 240 g/mol. The average molecular weight is 264 g/mol. The van der Waals surface area contributed by atoms with Gasteiger partial charge in [-0.15, -0.1) is 0 Å². The van der Waals surface area contributed by atoms with Crippen molar-refractivity contribution >= 4 is 0 Å². The quantitative estimate of drug-likeness (QED) is 0.904. The summed E-state index contributed by atoms with van der Waals surface area (Å²) in [6.07, 6.45) is 7.82. The number of aromatic nitrogens is 2. The Balaban J connectivity index is 1.77. The number of rotatable bonds is 4. The summed E-state index contributed by atoms with van der Waals surface area (Å²) < 4.78 is 5.52. The highest BCUT2D eigenvalue weighted by Gasteiger charge is 2.38. The van der Waals surface area contributed by atoms with Crippen molar-refractivity contribution in [1.82, 2.24) is 15.0 Å². The Morgan fingerprint density at radius 3 is 2.89 bits per heavy atom. The zero-order valence-electron chi connectivity index (χ0n) is 11.8. The third-order valence-corrected chi connectivity index (χ3v) is 4.54. The van der Waals surface area contributed by atoms with Crippen molar-refractivity contribution in [1.29, 1.82) is 0 Å². The molecule has 2 heterocycles. The van der Waals surface area contributed by atoms with Gasteiger partial charge in [0.2, 0.25) is 5.89 Å². The molecule has 2 fully saturated rings. The molecule has 1 saturated carbocycles. The van der Waals surface area contributed by atoms with E-state index < -0.39 is 0 Å². The number of hydrogen-bond donors (Lipinski definition) is 1. The molecule has 1 aliphatic heterocycles. The molecule has 2 aliphatic rings. The van der Waals surface area contributed by atoms with Crippen LogP contribution >= 0.6 is 0 Å². The highest BCUT2D eigenvalue weighted by Crippen LogP contribution is 2.36. The second kappa shape index (κ2) is 5.21. The molecule has 19 heavy (non-hydrogen) atoms. The van der Waals surface area contributed by atoms with Crippen LogP contribution in [0.5, 0.6) is 0 Å². The largest absolute Gasteiger partial charge is 0.338 e. The fraction of sp³-hybridized carbons (Fsp3) is 0.857. The van der Waals surface area contributed by atoms with Gasteiger partial charge >= 0.3 is 0 Å². The number of nitrogens with two attached hydrogens (primary N) is 1. The van der Waals surface area contributed by atoms with Gasteiger partial charge in [-0.1, -0.05) is 24.9 Å². The van der Waals surface area contributed by atoms with Crippen LogP contribution in [0.2, 0.25) is 0 Å². The summed E-state index contributed by atoms with van der Waals surface area (Å²) in [7, 11) is 0. The minimum atomic E-state index is -0.337. The first-order chi connectivity index (χ1) is 9.23. The Hall–Kier alpha value is -0.940. The van der Waals surface area contributed by atoms with Gasteiger partial charge < -0.3 is 10.3 Å². The fourth-order valence-corrected chi connectivity index (χ4v) is 3.46. The van der Waals surface area contributed by atoms with Gasteiger partial charge in [0.25, 0.3) is 0 Å². The van der Waals surface area contributed by atoms with Crippen LogP contribution in [0, 0.1) is 0 Å². The SMILES string of the molecule is CCCN1CCCC1c1nc(C2(N)CCCC2)no1. The Bertz CT molecular complexity index is 425. The van der Waals surface area contributed by atoms with E-state index in [9.17, 15) is 0 Å². The predicted molar refractivity (Wildman–Crippen MR) is 72.5 cm³/mol. The second-order valence-corrected chi connectivity index (χ2v) is 6.01. The summed E-state index contributed by atoms with van der Waals surface area (Å²) in [5.41, 5.74) is 6.05. The summed E-state index contributed by atoms with van der Waals surface area (Å²) in [4.78, 5) is 7.09. The summed E-state index contributed by atoms with van der Waals surface area (Å²) in [6.45, 7) is 4.46. The molecule has 1 saturated heterocycles. The maximum Gasteiger partial charge on any atom is 0.244 e. The molecule has 3 rings (SSSR count). The first kappa shape index (κ1) is 13.1. The van der Waals surface area contributed by atoms with Crippen molar-refractivity contribution < 1.29 is 4.52 Å². The molecule has 106 valence electrons. The molecule has 2 N–H and O–H groups in total.